The standard InChI is InChI=1S/C8H8ClNO3S3/c1-3-15(11)7-5(4-10)6(9)8(14-7)16(2,12)13/h3H2,1-2H3. The first-order valence-corrected chi connectivity index (χ1v) is 8.54. The molecule has 0 amide bonds. The Morgan fingerprint density at radius 3 is 2.50 bits per heavy atom. The van der Waals surface area contributed by atoms with Gasteiger partial charge in [0.25, 0.3) is 0 Å². The van der Waals surface area contributed by atoms with E-state index in [1.54, 1.807) is 13.0 Å². The van der Waals surface area contributed by atoms with E-state index in [1.165, 1.54) is 0 Å². The molecule has 0 aromatic carbocycles. The fourth-order valence-corrected chi connectivity index (χ4v) is 5.45. The number of thiophene rings is 1. The van der Waals surface area contributed by atoms with Gasteiger partial charge in [0.05, 0.1) is 21.4 Å². The van der Waals surface area contributed by atoms with Gasteiger partial charge >= 0.3 is 0 Å². The van der Waals surface area contributed by atoms with Gasteiger partial charge in [0, 0.05) is 12.0 Å². The van der Waals surface area contributed by atoms with Gasteiger partial charge in [0.1, 0.15) is 14.5 Å². The highest BCUT2D eigenvalue weighted by atomic mass is 35.5. The van der Waals surface area contributed by atoms with Gasteiger partial charge in [-0.15, -0.1) is 11.3 Å². The molecule has 0 saturated heterocycles. The van der Waals surface area contributed by atoms with Crippen molar-refractivity contribution in [1.82, 2.24) is 0 Å². The molecule has 0 aliphatic carbocycles. The van der Waals surface area contributed by atoms with E-state index in [1.807, 2.05) is 0 Å². The molecule has 4 nitrogen and oxygen atoms in total. The smallest absolute Gasteiger partial charge is 0.186 e. The Bertz CT molecular complexity index is 582. The molecule has 8 heteroatoms. The number of nitrogens with zero attached hydrogens (tertiary/aromatic N) is 1. The van der Waals surface area contributed by atoms with Crippen LogP contribution in [0.3, 0.4) is 0 Å². The summed E-state index contributed by atoms with van der Waals surface area (Å²) in [5, 5.41) is 8.75. The Kier molecular flexibility index (Phi) is 4.12. The summed E-state index contributed by atoms with van der Waals surface area (Å²) in [6.45, 7) is 1.69. The van der Waals surface area contributed by atoms with Crippen LogP contribution in [-0.2, 0) is 20.6 Å². The van der Waals surface area contributed by atoms with Crippen LogP contribution in [0.25, 0.3) is 0 Å². The summed E-state index contributed by atoms with van der Waals surface area (Å²) in [5.74, 6) is 0.314. The van der Waals surface area contributed by atoms with Crippen molar-refractivity contribution < 1.29 is 12.6 Å². The number of sulfone groups is 1. The molecular weight excluding hydrogens is 290 g/mol. The summed E-state index contributed by atoms with van der Waals surface area (Å²) in [6, 6.07) is 1.79. The monoisotopic (exact) mass is 297 g/mol. The molecule has 0 fully saturated rings. The Labute approximate surface area is 105 Å². The third-order valence-corrected chi connectivity index (χ3v) is 7.07. The highest BCUT2D eigenvalue weighted by Crippen LogP contribution is 2.37. The number of hydrogen-bond donors (Lipinski definition) is 0. The average molecular weight is 298 g/mol. The van der Waals surface area contributed by atoms with E-state index in [4.69, 9.17) is 16.9 Å². The molecule has 1 aromatic heterocycles. The molecule has 1 heterocycles. The molecule has 0 spiro atoms. The van der Waals surface area contributed by atoms with Gasteiger partial charge in [-0.3, -0.25) is 4.21 Å². The van der Waals surface area contributed by atoms with Crippen molar-refractivity contribution in [3.05, 3.63) is 10.6 Å². The first kappa shape index (κ1) is 13.6. The van der Waals surface area contributed by atoms with Crippen molar-refractivity contribution in [3.8, 4) is 6.07 Å². The van der Waals surface area contributed by atoms with Crippen molar-refractivity contribution in [2.24, 2.45) is 0 Å². The van der Waals surface area contributed by atoms with E-state index in [-0.39, 0.29) is 19.0 Å². The number of nitriles is 1. The van der Waals surface area contributed by atoms with E-state index in [0.717, 1.165) is 17.6 Å². The molecule has 1 unspecified atom stereocenters. The van der Waals surface area contributed by atoms with Gasteiger partial charge in [-0.05, 0) is 0 Å². The van der Waals surface area contributed by atoms with Crippen LogP contribution in [0.15, 0.2) is 8.42 Å². The second kappa shape index (κ2) is 4.84. The van der Waals surface area contributed by atoms with Gasteiger partial charge in [-0.1, -0.05) is 18.5 Å². The molecular formula is C8H8ClNO3S3. The van der Waals surface area contributed by atoms with E-state index >= 15 is 0 Å². The van der Waals surface area contributed by atoms with Gasteiger partial charge in [0.15, 0.2) is 9.84 Å². The van der Waals surface area contributed by atoms with Crippen LogP contribution in [0.2, 0.25) is 5.02 Å². The average Bonchev–Trinajstić information content (AvgIpc) is 2.53. The number of halogens is 1. The lowest BCUT2D eigenvalue weighted by atomic mass is 10.4. The summed E-state index contributed by atoms with van der Waals surface area (Å²) >= 11 is 6.60. The molecule has 0 radical (unpaired) electrons. The highest BCUT2D eigenvalue weighted by molar-refractivity contribution is 7.94. The molecule has 0 N–H and O–H groups in total. The lowest BCUT2D eigenvalue weighted by Crippen LogP contribution is -1.93. The Hall–Kier alpha value is -0.420. The Balaban J connectivity index is 3.57. The zero-order valence-electron chi connectivity index (χ0n) is 8.48. The molecule has 1 rings (SSSR count). The van der Waals surface area contributed by atoms with E-state index in [2.05, 4.69) is 0 Å². The van der Waals surface area contributed by atoms with Crippen LogP contribution in [-0.4, -0.2) is 24.6 Å². The van der Waals surface area contributed by atoms with Crippen LogP contribution in [0.5, 0.6) is 0 Å². The Morgan fingerprint density at radius 2 is 2.12 bits per heavy atom. The van der Waals surface area contributed by atoms with E-state index in [0.29, 0.717) is 5.75 Å². The topological polar surface area (TPSA) is 75.0 Å². The van der Waals surface area contributed by atoms with Crippen LogP contribution < -0.4 is 0 Å². The van der Waals surface area contributed by atoms with Gasteiger partial charge in [0.2, 0.25) is 0 Å². The molecule has 88 valence electrons. The minimum atomic E-state index is -3.49. The molecule has 0 aliphatic rings. The van der Waals surface area contributed by atoms with Crippen LogP contribution in [0, 0.1) is 11.3 Å². The van der Waals surface area contributed by atoms with Crippen molar-refractivity contribution in [2.75, 3.05) is 12.0 Å². The second-order valence-electron chi connectivity index (χ2n) is 2.88. The van der Waals surface area contributed by atoms with Crippen molar-refractivity contribution in [1.29, 1.82) is 5.26 Å². The van der Waals surface area contributed by atoms with Crippen molar-refractivity contribution in [3.63, 3.8) is 0 Å². The molecule has 1 aromatic rings. The predicted octanol–water partition coefficient (Wildman–Crippen LogP) is 1.80. The number of hydrogen-bond acceptors (Lipinski definition) is 5. The molecule has 16 heavy (non-hydrogen) atoms. The largest absolute Gasteiger partial charge is 0.253 e. The molecule has 0 bridgehead atoms. The lowest BCUT2D eigenvalue weighted by Gasteiger charge is -1.92. The Morgan fingerprint density at radius 1 is 1.56 bits per heavy atom. The molecule has 0 aliphatic heterocycles. The maximum atomic E-state index is 11.6. The zero-order chi connectivity index (χ0) is 12.5. The minimum absolute atomic E-state index is 0.00674. The van der Waals surface area contributed by atoms with Crippen LogP contribution >= 0.6 is 22.9 Å². The highest BCUT2D eigenvalue weighted by Gasteiger charge is 2.25. The quantitative estimate of drug-likeness (QED) is 0.852. The predicted molar refractivity (Wildman–Crippen MR) is 64.1 cm³/mol. The van der Waals surface area contributed by atoms with Crippen LogP contribution in [0.4, 0.5) is 0 Å². The van der Waals surface area contributed by atoms with Gasteiger partial charge in [-0.2, -0.15) is 5.26 Å². The summed E-state index contributed by atoms with van der Waals surface area (Å²) in [4.78, 5) is 0. The van der Waals surface area contributed by atoms with Crippen molar-refractivity contribution >= 4 is 43.6 Å². The summed E-state index contributed by atoms with van der Waals surface area (Å²) in [7, 11) is -4.86. The lowest BCUT2D eigenvalue weighted by molar-refractivity contribution is 0.604. The normalized spacial score (nSPS) is 13.4. The molecule has 0 saturated carbocycles. The maximum Gasteiger partial charge on any atom is 0.186 e. The zero-order valence-corrected chi connectivity index (χ0v) is 11.7. The first-order valence-electron chi connectivity index (χ1n) is 4.13. The van der Waals surface area contributed by atoms with Crippen molar-refractivity contribution in [2.45, 2.75) is 15.3 Å². The minimum Gasteiger partial charge on any atom is -0.253 e. The maximum absolute atomic E-state index is 11.6. The third-order valence-electron chi connectivity index (χ3n) is 1.71. The fourth-order valence-electron chi connectivity index (χ4n) is 0.996. The van der Waals surface area contributed by atoms with Gasteiger partial charge in [-0.25, -0.2) is 8.42 Å². The van der Waals surface area contributed by atoms with Gasteiger partial charge < -0.3 is 0 Å². The SMILES string of the molecule is CCS(=O)c1sc(S(C)(=O)=O)c(Cl)c1C#N. The summed E-state index contributed by atoms with van der Waals surface area (Å²) < 4.78 is 34.5. The van der Waals surface area contributed by atoms with E-state index < -0.39 is 20.6 Å². The summed E-state index contributed by atoms with van der Waals surface area (Å²) in [5.41, 5.74) is 0.00674. The fraction of sp³-hybridized carbons (Fsp3) is 0.375. The number of rotatable bonds is 3. The molecule has 1 atom stereocenters. The third kappa shape index (κ3) is 2.46. The summed E-state index contributed by atoms with van der Waals surface area (Å²) in [6.07, 6.45) is 1.00. The van der Waals surface area contributed by atoms with Crippen LogP contribution in [0.1, 0.15) is 12.5 Å². The second-order valence-corrected chi connectivity index (χ2v) is 8.43. The first-order chi connectivity index (χ1) is 7.32. The van der Waals surface area contributed by atoms with E-state index in [9.17, 15) is 12.6 Å².